The number of ether oxygens (including phenoxy) is 2. The zero-order chi connectivity index (χ0) is 26.7. The van der Waals surface area contributed by atoms with Gasteiger partial charge in [0, 0.05) is 53.5 Å². The highest BCUT2D eigenvalue weighted by molar-refractivity contribution is 9.10. The van der Waals surface area contributed by atoms with Crippen molar-refractivity contribution in [2.24, 2.45) is 0 Å². The maximum Gasteiger partial charge on any atom is 0.410 e. The van der Waals surface area contributed by atoms with Crippen molar-refractivity contribution in [1.82, 2.24) is 9.88 Å². The van der Waals surface area contributed by atoms with Crippen LogP contribution in [0.1, 0.15) is 80.2 Å². The summed E-state index contributed by atoms with van der Waals surface area (Å²) in [6.07, 6.45) is 1.04. The quantitative estimate of drug-likeness (QED) is 0.386. The number of hydrogen-bond acceptors (Lipinski definition) is 5. The fourth-order valence-corrected chi connectivity index (χ4v) is 5.69. The van der Waals surface area contributed by atoms with E-state index in [0.29, 0.717) is 48.4 Å². The summed E-state index contributed by atoms with van der Waals surface area (Å²) in [5.41, 5.74) is 3.36. The first-order valence-electron chi connectivity index (χ1n) is 12.5. The third-order valence-electron chi connectivity index (χ3n) is 7.16. The van der Waals surface area contributed by atoms with Crippen LogP contribution >= 0.6 is 15.9 Å². The van der Waals surface area contributed by atoms with Crippen LogP contribution in [0, 0.1) is 11.3 Å². The van der Waals surface area contributed by atoms with Gasteiger partial charge in [-0.1, -0.05) is 19.9 Å². The Morgan fingerprint density at radius 2 is 1.89 bits per heavy atom. The third-order valence-corrected chi connectivity index (χ3v) is 7.78. The van der Waals surface area contributed by atoms with E-state index in [1.54, 1.807) is 17.0 Å². The summed E-state index contributed by atoms with van der Waals surface area (Å²) in [5, 5.41) is 10.1. The first-order valence-corrected chi connectivity index (χ1v) is 13.3. The first-order chi connectivity index (χ1) is 17.4. The number of nitrogens with zero attached hydrogens (tertiary/aromatic N) is 2. The van der Waals surface area contributed by atoms with Crippen molar-refractivity contribution in [2.45, 2.75) is 64.6 Å². The molecule has 1 N–H and O–H groups in total. The number of aromatic amines is 1. The number of aromatic nitrogens is 1. The number of hydrogen-bond donors (Lipinski definition) is 1. The van der Waals surface area contributed by atoms with Crippen LogP contribution in [0.2, 0.25) is 0 Å². The number of fused-ring (bicyclic) bond motifs is 4. The number of carbonyl (C=O) groups excluding carboxylic acids is 2. The second-order valence-corrected chi connectivity index (χ2v) is 12.2. The molecule has 1 saturated heterocycles. The van der Waals surface area contributed by atoms with Gasteiger partial charge >= 0.3 is 6.09 Å². The van der Waals surface area contributed by atoms with Gasteiger partial charge in [-0.15, -0.1) is 0 Å². The predicted octanol–water partition coefficient (Wildman–Crippen LogP) is 6.45. The SMILES string of the molecule is CC(C)(C)OC(=O)N1CCC(Oc2cc3c(cc2Br)C(=O)c2c([nH]c4cc(C#N)ccc24)C3(C)C)CC1. The number of amides is 1. The van der Waals surface area contributed by atoms with Gasteiger partial charge in [-0.3, -0.25) is 4.79 Å². The number of piperidine rings is 1. The number of benzene rings is 2. The molecule has 8 heteroatoms. The maximum absolute atomic E-state index is 13.7. The van der Waals surface area contributed by atoms with Gasteiger partial charge in [-0.25, -0.2) is 4.79 Å². The van der Waals surface area contributed by atoms with Gasteiger partial charge in [0.2, 0.25) is 0 Å². The Morgan fingerprint density at radius 3 is 2.54 bits per heavy atom. The Labute approximate surface area is 224 Å². The fourth-order valence-electron chi connectivity index (χ4n) is 5.25. The second kappa shape index (κ2) is 8.91. The van der Waals surface area contributed by atoms with Gasteiger partial charge in [-0.05, 0) is 66.5 Å². The van der Waals surface area contributed by atoms with E-state index in [-0.39, 0.29) is 18.0 Å². The lowest BCUT2D eigenvalue weighted by atomic mass is 9.71. The molecular weight excluding hydrogens is 534 g/mol. The zero-order valence-corrected chi connectivity index (χ0v) is 23.3. The summed E-state index contributed by atoms with van der Waals surface area (Å²) in [4.78, 5) is 31.2. The molecule has 0 saturated carbocycles. The van der Waals surface area contributed by atoms with Gasteiger partial charge in [0.25, 0.3) is 0 Å². The van der Waals surface area contributed by atoms with Gasteiger partial charge in [-0.2, -0.15) is 5.26 Å². The summed E-state index contributed by atoms with van der Waals surface area (Å²) in [7, 11) is 0. The molecule has 7 nitrogen and oxygen atoms in total. The number of halogens is 1. The highest BCUT2D eigenvalue weighted by atomic mass is 79.9. The molecule has 0 bridgehead atoms. The molecule has 1 amide bonds. The number of carbonyl (C=O) groups is 2. The minimum absolute atomic E-state index is 0.0433. The van der Waals surface area contributed by atoms with Crippen molar-refractivity contribution < 1.29 is 19.1 Å². The molecule has 2 aromatic carbocycles. The van der Waals surface area contributed by atoms with Crippen molar-refractivity contribution >= 4 is 38.7 Å². The lowest BCUT2D eigenvalue weighted by Crippen LogP contribution is -2.44. The average molecular weight is 564 g/mol. The van der Waals surface area contributed by atoms with E-state index in [1.807, 2.05) is 39.0 Å². The number of likely N-dealkylation sites (tertiary alicyclic amines) is 1. The van der Waals surface area contributed by atoms with Crippen LogP contribution in [0.15, 0.2) is 34.8 Å². The molecular formula is C29H30BrN3O4. The Morgan fingerprint density at radius 1 is 1.19 bits per heavy atom. The van der Waals surface area contributed by atoms with Crippen molar-refractivity contribution in [1.29, 1.82) is 5.26 Å². The lowest BCUT2D eigenvalue weighted by molar-refractivity contribution is 0.0126. The number of nitriles is 1. The minimum atomic E-state index is -0.522. The zero-order valence-electron chi connectivity index (χ0n) is 21.7. The third kappa shape index (κ3) is 4.50. The van der Waals surface area contributed by atoms with E-state index in [0.717, 1.165) is 26.6 Å². The number of H-pyrrole nitrogens is 1. The van der Waals surface area contributed by atoms with Gasteiger partial charge in [0.1, 0.15) is 17.5 Å². The Bertz CT molecular complexity index is 1470. The van der Waals surface area contributed by atoms with Crippen LogP contribution < -0.4 is 4.74 Å². The molecule has 1 fully saturated rings. The molecule has 192 valence electrons. The van der Waals surface area contributed by atoms with Gasteiger partial charge in [0.05, 0.1) is 21.7 Å². The molecule has 0 atom stereocenters. The van der Waals surface area contributed by atoms with Crippen LogP contribution in [-0.4, -0.2) is 46.6 Å². The minimum Gasteiger partial charge on any atom is -0.489 e. The molecule has 0 spiro atoms. The largest absolute Gasteiger partial charge is 0.489 e. The molecule has 1 aliphatic heterocycles. The van der Waals surface area contributed by atoms with Gasteiger partial charge in [0.15, 0.2) is 5.78 Å². The number of nitrogens with one attached hydrogen (secondary N) is 1. The topological polar surface area (TPSA) is 95.4 Å². The summed E-state index contributed by atoms with van der Waals surface area (Å²) in [5.74, 6) is 0.639. The van der Waals surface area contributed by atoms with E-state index in [9.17, 15) is 14.9 Å². The molecule has 3 aromatic rings. The molecule has 0 unspecified atom stereocenters. The number of ketones is 1. The maximum atomic E-state index is 13.7. The molecule has 2 heterocycles. The number of rotatable bonds is 2. The average Bonchev–Trinajstić information content (AvgIpc) is 3.23. The summed E-state index contributed by atoms with van der Waals surface area (Å²) < 4.78 is 12.6. The monoisotopic (exact) mass is 563 g/mol. The molecule has 5 rings (SSSR count). The highest BCUT2D eigenvalue weighted by Gasteiger charge is 2.40. The van der Waals surface area contributed by atoms with Crippen LogP contribution in [0.5, 0.6) is 5.75 Å². The standard InChI is InChI=1S/C29H30BrN3O4/c1-28(2,3)37-27(35)33-10-8-17(9-11-33)36-23-14-20-19(13-21(23)30)25(34)24-18-7-6-16(15-31)12-22(18)32-26(24)29(20,4)5/h6-7,12-14,17,32H,8-11H2,1-5H3. The smallest absolute Gasteiger partial charge is 0.410 e. The van der Waals surface area contributed by atoms with Crippen molar-refractivity contribution in [3.05, 3.63) is 62.8 Å². The molecule has 1 aromatic heterocycles. The van der Waals surface area contributed by atoms with Crippen LogP contribution in [0.4, 0.5) is 4.79 Å². The Kier molecular flexibility index (Phi) is 6.11. The van der Waals surface area contributed by atoms with E-state index in [4.69, 9.17) is 9.47 Å². The van der Waals surface area contributed by atoms with E-state index in [1.165, 1.54) is 0 Å². The molecule has 37 heavy (non-hydrogen) atoms. The van der Waals surface area contributed by atoms with E-state index >= 15 is 0 Å². The van der Waals surface area contributed by atoms with Crippen molar-refractivity contribution in [3.8, 4) is 11.8 Å². The summed E-state index contributed by atoms with van der Waals surface area (Å²) in [6, 6.07) is 11.4. The molecule has 2 aliphatic rings. The Hall–Kier alpha value is -3.31. The van der Waals surface area contributed by atoms with Crippen LogP contribution in [0.3, 0.4) is 0 Å². The van der Waals surface area contributed by atoms with E-state index < -0.39 is 11.0 Å². The lowest BCUT2D eigenvalue weighted by Gasteiger charge is -2.35. The van der Waals surface area contributed by atoms with Crippen LogP contribution in [0.25, 0.3) is 10.9 Å². The van der Waals surface area contributed by atoms with Crippen LogP contribution in [-0.2, 0) is 10.2 Å². The normalized spacial score (nSPS) is 17.2. The Balaban J connectivity index is 1.41. The molecule has 0 radical (unpaired) electrons. The predicted molar refractivity (Wildman–Crippen MR) is 144 cm³/mol. The van der Waals surface area contributed by atoms with Crippen molar-refractivity contribution in [3.63, 3.8) is 0 Å². The fraction of sp³-hybridized carbons (Fsp3) is 0.414. The summed E-state index contributed by atoms with van der Waals surface area (Å²) in [6.45, 7) is 10.9. The molecule has 1 aliphatic carbocycles. The summed E-state index contributed by atoms with van der Waals surface area (Å²) >= 11 is 3.63. The second-order valence-electron chi connectivity index (χ2n) is 11.3. The highest BCUT2D eigenvalue weighted by Crippen LogP contribution is 2.46. The van der Waals surface area contributed by atoms with Crippen molar-refractivity contribution in [2.75, 3.05) is 13.1 Å². The van der Waals surface area contributed by atoms with E-state index in [2.05, 4.69) is 40.8 Å². The van der Waals surface area contributed by atoms with Gasteiger partial charge < -0.3 is 19.4 Å². The first kappa shape index (κ1) is 25.3.